The molecule has 1 atom stereocenters. The van der Waals surface area contributed by atoms with Crippen LogP contribution in [0.4, 0.5) is 0 Å². The Morgan fingerprint density at radius 3 is 2.62 bits per heavy atom. The summed E-state index contributed by atoms with van der Waals surface area (Å²) in [5.74, 6) is 1.40. The topological polar surface area (TPSA) is 53.6 Å². The Balaban J connectivity index is 0.00000208. The van der Waals surface area contributed by atoms with Crippen LogP contribution in [0.15, 0.2) is 35.3 Å². The van der Waals surface area contributed by atoms with Gasteiger partial charge in [-0.05, 0) is 43.7 Å². The number of rotatable bonds is 6. The molecular formula is C19H31IN4. The van der Waals surface area contributed by atoms with Gasteiger partial charge in [0.05, 0.1) is 0 Å². The lowest BCUT2D eigenvalue weighted by molar-refractivity contribution is 0.141. The summed E-state index contributed by atoms with van der Waals surface area (Å²) in [5, 5.41) is 3.36. The number of benzene rings is 1. The Hall–Kier alpha value is -0.820. The number of hydrogen-bond acceptors (Lipinski definition) is 2. The first kappa shape index (κ1) is 19.5. The second-order valence-electron chi connectivity index (χ2n) is 7.01. The van der Waals surface area contributed by atoms with E-state index < -0.39 is 0 Å². The molecule has 0 aromatic heterocycles. The Labute approximate surface area is 163 Å². The first-order valence-corrected chi connectivity index (χ1v) is 9.13. The van der Waals surface area contributed by atoms with Crippen molar-refractivity contribution < 1.29 is 0 Å². The van der Waals surface area contributed by atoms with Gasteiger partial charge in [0, 0.05) is 25.7 Å². The first-order valence-electron chi connectivity index (χ1n) is 9.13. The molecule has 1 saturated carbocycles. The summed E-state index contributed by atoms with van der Waals surface area (Å²) >= 11 is 0. The minimum Gasteiger partial charge on any atom is -0.370 e. The van der Waals surface area contributed by atoms with E-state index in [1.807, 2.05) is 0 Å². The highest BCUT2D eigenvalue weighted by molar-refractivity contribution is 14.0. The number of halogens is 1. The molecule has 0 radical (unpaired) electrons. The molecule has 0 spiro atoms. The third kappa shape index (κ3) is 5.92. The number of nitrogens with zero attached hydrogens (tertiary/aromatic N) is 2. The van der Waals surface area contributed by atoms with Crippen LogP contribution in [0.2, 0.25) is 0 Å². The number of guanidine groups is 1. The number of likely N-dealkylation sites (tertiary alicyclic amines) is 1. The van der Waals surface area contributed by atoms with Crippen LogP contribution in [0.1, 0.15) is 44.1 Å². The maximum absolute atomic E-state index is 6.04. The van der Waals surface area contributed by atoms with Gasteiger partial charge in [-0.2, -0.15) is 0 Å². The van der Waals surface area contributed by atoms with Crippen molar-refractivity contribution in [3.05, 3.63) is 35.9 Å². The lowest BCUT2D eigenvalue weighted by Gasteiger charge is -2.36. The van der Waals surface area contributed by atoms with Gasteiger partial charge in [-0.15, -0.1) is 24.0 Å². The molecule has 134 valence electrons. The fourth-order valence-corrected chi connectivity index (χ4v) is 3.50. The minimum absolute atomic E-state index is 0. The zero-order valence-electron chi connectivity index (χ0n) is 14.5. The van der Waals surface area contributed by atoms with Crippen LogP contribution >= 0.6 is 24.0 Å². The predicted molar refractivity (Wildman–Crippen MR) is 112 cm³/mol. The van der Waals surface area contributed by atoms with Crippen molar-refractivity contribution in [2.45, 2.75) is 51.1 Å². The molecule has 24 heavy (non-hydrogen) atoms. The van der Waals surface area contributed by atoms with Gasteiger partial charge in [-0.1, -0.05) is 43.2 Å². The summed E-state index contributed by atoms with van der Waals surface area (Å²) in [6.45, 7) is 4.02. The Bertz CT molecular complexity index is 501. The van der Waals surface area contributed by atoms with Gasteiger partial charge >= 0.3 is 0 Å². The highest BCUT2D eigenvalue weighted by Gasteiger charge is 2.22. The summed E-state index contributed by atoms with van der Waals surface area (Å²) in [7, 11) is 0. The molecule has 3 N–H and O–H groups in total. The van der Waals surface area contributed by atoms with Crippen molar-refractivity contribution in [1.82, 2.24) is 10.2 Å². The van der Waals surface area contributed by atoms with E-state index in [4.69, 9.17) is 5.73 Å². The first-order chi connectivity index (χ1) is 11.3. The molecular weight excluding hydrogens is 411 g/mol. The van der Waals surface area contributed by atoms with E-state index in [-0.39, 0.29) is 24.0 Å². The van der Waals surface area contributed by atoms with Crippen LogP contribution in [0.25, 0.3) is 0 Å². The Morgan fingerprint density at radius 2 is 1.92 bits per heavy atom. The summed E-state index contributed by atoms with van der Waals surface area (Å²) in [6, 6.07) is 11.3. The average Bonchev–Trinajstić information content (AvgIpc) is 2.53. The monoisotopic (exact) mass is 442 g/mol. The molecule has 0 bridgehead atoms. The van der Waals surface area contributed by atoms with Gasteiger partial charge < -0.3 is 11.1 Å². The van der Waals surface area contributed by atoms with E-state index in [1.165, 1.54) is 50.6 Å². The molecule has 3 rings (SSSR count). The van der Waals surface area contributed by atoms with E-state index in [1.54, 1.807) is 0 Å². The molecule has 1 aliphatic heterocycles. The molecule has 0 amide bonds. The second-order valence-corrected chi connectivity index (χ2v) is 7.01. The number of nitrogens with two attached hydrogens (primary N) is 1. The summed E-state index contributed by atoms with van der Waals surface area (Å²) in [6.07, 6.45) is 7.87. The molecule has 1 aromatic rings. The van der Waals surface area contributed by atoms with Gasteiger partial charge in [0.15, 0.2) is 5.96 Å². The molecule has 1 heterocycles. The van der Waals surface area contributed by atoms with E-state index >= 15 is 0 Å². The Morgan fingerprint density at radius 1 is 1.12 bits per heavy atom. The molecule has 1 unspecified atom stereocenters. The van der Waals surface area contributed by atoms with Crippen molar-refractivity contribution in [1.29, 1.82) is 0 Å². The fraction of sp³-hybridized carbons (Fsp3) is 0.632. The lowest BCUT2D eigenvalue weighted by atomic mass is 9.86. The predicted octanol–water partition coefficient (Wildman–Crippen LogP) is 3.36. The SMILES string of the molecule is I.NC(=NCC1CCC1)NCC1CCCCN1Cc1ccccc1. The van der Waals surface area contributed by atoms with Crippen LogP contribution in [0.5, 0.6) is 0 Å². The zero-order chi connectivity index (χ0) is 15.9. The van der Waals surface area contributed by atoms with Crippen LogP contribution in [0, 0.1) is 5.92 Å². The standard InChI is InChI=1S/C19H30N4.HI/c20-19(21-13-16-9-6-10-16)22-14-18-11-4-5-12-23(18)15-17-7-2-1-3-8-17;/h1-3,7-8,16,18H,4-6,9-15H2,(H3,20,21,22);1H. The zero-order valence-corrected chi connectivity index (χ0v) is 16.8. The largest absolute Gasteiger partial charge is 0.370 e. The lowest BCUT2D eigenvalue weighted by Crippen LogP contribution is -2.47. The van der Waals surface area contributed by atoms with E-state index in [2.05, 4.69) is 45.5 Å². The smallest absolute Gasteiger partial charge is 0.188 e. The third-order valence-corrected chi connectivity index (χ3v) is 5.24. The van der Waals surface area contributed by atoms with E-state index in [0.29, 0.717) is 12.0 Å². The van der Waals surface area contributed by atoms with Gasteiger partial charge in [0.1, 0.15) is 0 Å². The highest BCUT2D eigenvalue weighted by atomic mass is 127. The molecule has 1 aromatic carbocycles. The van der Waals surface area contributed by atoms with Crippen molar-refractivity contribution in [3.8, 4) is 0 Å². The van der Waals surface area contributed by atoms with Crippen LogP contribution < -0.4 is 11.1 Å². The van der Waals surface area contributed by atoms with E-state index in [0.717, 1.165) is 25.6 Å². The number of aliphatic imine (C=N–C) groups is 1. The summed E-state index contributed by atoms with van der Waals surface area (Å²) < 4.78 is 0. The summed E-state index contributed by atoms with van der Waals surface area (Å²) in [4.78, 5) is 7.09. The molecule has 5 heteroatoms. The number of piperidine rings is 1. The maximum atomic E-state index is 6.04. The third-order valence-electron chi connectivity index (χ3n) is 5.24. The van der Waals surface area contributed by atoms with Crippen LogP contribution in [0.3, 0.4) is 0 Å². The normalized spacial score (nSPS) is 22.5. The van der Waals surface area contributed by atoms with Crippen LogP contribution in [-0.2, 0) is 6.54 Å². The maximum Gasteiger partial charge on any atom is 0.188 e. The molecule has 4 nitrogen and oxygen atoms in total. The summed E-state index contributed by atoms with van der Waals surface area (Å²) in [5.41, 5.74) is 7.43. The van der Waals surface area contributed by atoms with E-state index in [9.17, 15) is 0 Å². The van der Waals surface area contributed by atoms with Crippen molar-refractivity contribution in [3.63, 3.8) is 0 Å². The average molecular weight is 442 g/mol. The van der Waals surface area contributed by atoms with Gasteiger partial charge in [-0.25, -0.2) is 0 Å². The molecule has 2 aliphatic rings. The second kappa shape index (κ2) is 10.2. The van der Waals surface area contributed by atoms with Gasteiger partial charge in [-0.3, -0.25) is 9.89 Å². The number of hydrogen-bond donors (Lipinski definition) is 2. The number of nitrogens with one attached hydrogen (secondary N) is 1. The highest BCUT2D eigenvalue weighted by Crippen LogP contribution is 2.26. The Kier molecular flexibility index (Phi) is 8.32. The molecule has 2 fully saturated rings. The quantitative estimate of drug-likeness (QED) is 0.404. The minimum atomic E-state index is 0. The van der Waals surface area contributed by atoms with Gasteiger partial charge in [0.2, 0.25) is 0 Å². The van der Waals surface area contributed by atoms with Gasteiger partial charge in [0.25, 0.3) is 0 Å². The van der Waals surface area contributed by atoms with Crippen LogP contribution in [-0.4, -0.2) is 36.5 Å². The molecule has 1 aliphatic carbocycles. The van der Waals surface area contributed by atoms with Crippen molar-refractivity contribution in [2.24, 2.45) is 16.6 Å². The molecule has 1 saturated heterocycles. The van der Waals surface area contributed by atoms with Crippen molar-refractivity contribution >= 4 is 29.9 Å². The van der Waals surface area contributed by atoms with Crippen molar-refractivity contribution in [2.75, 3.05) is 19.6 Å². The fourth-order valence-electron chi connectivity index (χ4n) is 3.50.